The molecule has 2 nitrogen and oxygen atoms in total. The lowest BCUT2D eigenvalue weighted by Gasteiger charge is -2.16. The number of carbonyl (C=O) groups excluding carboxylic acids is 1. The summed E-state index contributed by atoms with van der Waals surface area (Å²) in [6, 6.07) is 23.2. The monoisotopic (exact) mass is 287 g/mol. The van der Waals surface area contributed by atoms with E-state index >= 15 is 0 Å². The minimum Gasteiger partial charge on any atom is -0.293 e. The largest absolute Gasteiger partial charge is 0.293 e. The number of nitrogens with zero attached hydrogens (tertiary/aromatic N) is 1. The highest BCUT2D eigenvalue weighted by atomic mass is 16.1. The molecule has 0 saturated carbocycles. The Morgan fingerprint density at radius 3 is 2.36 bits per heavy atom. The van der Waals surface area contributed by atoms with Crippen molar-refractivity contribution in [1.29, 1.82) is 0 Å². The molecule has 1 heterocycles. The van der Waals surface area contributed by atoms with Gasteiger partial charge in [0, 0.05) is 11.8 Å². The summed E-state index contributed by atoms with van der Waals surface area (Å²) >= 11 is 0. The zero-order valence-electron chi connectivity index (χ0n) is 12.4. The quantitative estimate of drug-likeness (QED) is 0.665. The van der Waals surface area contributed by atoms with Crippen LogP contribution in [0.4, 0.5) is 0 Å². The van der Waals surface area contributed by atoms with Crippen LogP contribution in [0.3, 0.4) is 0 Å². The number of aromatic nitrogens is 1. The van der Waals surface area contributed by atoms with Gasteiger partial charge in [0.25, 0.3) is 0 Å². The van der Waals surface area contributed by atoms with Gasteiger partial charge in [0.05, 0.1) is 11.6 Å². The van der Waals surface area contributed by atoms with Crippen molar-refractivity contribution in [3.63, 3.8) is 0 Å². The van der Waals surface area contributed by atoms with E-state index in [2.05, 4.69) is 4.98 Å². The van der Waals surface area contributed by atoms with E-state index in [1.54, 1.807) is 6.20 Å². The third kappa shape index (κ3) is 2.96. The maximum atomic E-state index is 13.1. The molecule has 0 unspecified atom stereocenters. The molecule has 3 rings (SSSR count). The first-order valence-electron chi connectivity index (χ1n) is 7.32. The van der Waals surface area contributed by atoms with Crippen molar-refractivity contribution < 1.29 is 4.79 Å². The molecule has 0 fully saturated rings. The molecule has 0 aliphatic heterocycles. The standard InChI is InChI=1S/C20H17NO/c1-15-8-7-11-17(14-15)20(22)19(16-9-3-2-4-10-16)18-12-5-6-13-21-18/h2-14,19H,1H3/t19-/m1/s1. The summed E-state index contributed by atoms with van der Waals surface area (Å²) in [5.41, 5.74) is 3.55. The molecule has 0 saturated heterocycles. The number of carbonyl (C=O) groups is 1. The van der Waals surface area contributed by atoms with Crippen LogP contribution in [0.15, 0.2) is 79.0 Å². The highest BCUT2D eigenvalue weighted by Gasteiger charge is 2.24. The maximum Gasteiger partial charge on any atom is 0.176 e. The topological polar surface area (TPSA) is 30.0 Å². The summed E-state index contributed by atoms with van der Waals surface area (Å²) in [6.07, 6.45) is 1.73. The highest BCUT2D eigenvalue weighted by Crippen LogP contribution is 2.27. The first kappa shape index (κ1) is 14.2. The van der Waals surface area contributed by atoms with Crippen molar-refractivity contribution >= 4 is 5.78 Å². The smallest absolute Gasteiger partial charge is 0.176 e. The number of benzene rings is 2. The zero-order valence-corrected chi connectivity index (χ0v) is 12.4. The highest BCUT2D eigenvalue weighted by molar-refractivity contribution is 6.02. The Hall–Kier alpha value is -2.74. The lowest BCUT2D eigenvalue weighted by molar-refractivity contribution is 0.0972. The van der Waals surface area contributed by atoms with Crippen LogP contribution in [0.5, 0.6) is 0 Å². The number of aryl methyl sites for hydroxylation is 1. The number of rotatable bonds is 4. The first-order chi connectivity index (χ1) is 10.8. The van der Waals surface area contributed by atoms with E-state index in [1.807, 2.05) is 79.7 Å². The van der Waals surface area contributed by atoms with Crippen LogP contribution in [0.2, 0.25) is 0 Å². The van der Waals surface area contributed by atoms with Crippen LogP contribution in [0, 0.1) is 6.92 Å². The average molecular weight is 287 g/mol. The molecule has 0 radical (unpaired) electrons. The Balaban J connectivity index is 2.08. The SMILES string of the molecule is Cc1cccc(C(=O)[C@H](c2ccccc2)c2ccccn2)c1. The fraction of sp³-hybridized carbons (Fsp3) is 0.100. The van der Waals surface area contributed by atoms with Gasteiger partial charge in [-0.15, -0.1) is 0 Å². The van der Waals surface area contributed by atoms with Gasteiger partial charge in [0.1, 0.15) is 0 Å². The summed E-state index contributed by atoms with van der Waals surface area (Å²) < 4.78 is 0. The van der Waals surface area contributed by atoms with Crippen LogP contribution >= 0.6 is 0 Å². The van der Waals surface area contributed by atoms with Crippen LogP contribution in [0.1, 0.15) is 33.1 Å². The number of pyridine rings is 1. The fourth-order valence-electron chi connectivity index (χ4n) is 2.61. The van der Waals surface area contributed by atoms with Crippen LogP contribution in [-0.2, 0) is 0 Å². The normalized spacial score (nSPS) is 11.9. The van der Waals surface area contributed by atoms with E-state index in [-0.39, 0.29) is 11.7 Å². The maximum absolute atomic E-state index is 13.1. The predicted octanol–water partition coefficient (Wildman–Crippen LogP) is 4.40. The molecule has 0 bridgehead atoms. The minimum absolute atomic E-state index is 0.0774. The Kier molecular flexibility index (Phi) is 4.10. The summed E-state index contributed by atoms with van der Waals surface area (Å²) in [6.45, 7) is 2.00. The number of hydrogen-bond donors (Lipinski definition) is 0. The van der Waals surface area contributed by atoms with E-state index in [0.29, 0.717) is 0 Å². The molecule has 0 spiro atoms. The van der Waals surface area contributed by atoms with Crippen molar-refractivity contribution in [1.82, 2.24) is 4.98 Å². The van der Waals surface area contributed by atoms with Crippen molar-refractivity contribution in [2.75, 3.05) is 0 Å². The molecule has 0 aliphatic rings. The Morgan fingerprint density at radius 2 is 1.68 bits per heavy atom. The molecule has 1 aromatic heterocycles. The van der Waals surface area contributed by atoms with Gasteiger partial charge in [-0.2, -0.15) is 0 Å². The summed E-state index contributed by atoms with van der Waals surface area (Å²) in [5, 5.41) is 0. The van der Waals surface area contributed by atoms with E-state index in [1.165, 1.54) is 0 Å². The van der Waals surface area contributed by atoms with Gasteiger partial charge in [-0.3, -0.25) is 9.78 Å². The van der Waals surface area contributed by atoms with E-state index in [0.717, 1.165) is 22.4 Å². The minimum atomic E-state index is -0.371. The Bertz CT molecular complexity index is 726. The van der Waals surface area contributed by atoms with Crippen molar-refractivity contribution in [3.8, 4) is 0 Å². The Labute approximate surface area is 130 Å². The number of Topliss-reactive ketones (excluding diaryl/α,β-unsaturated/α-hetero) is 1. The fourth-order valence-corrected chi connectivity index (χ4v) is 2.61. The Morgan fingerprint density at radius 1 is 0.909 bits per heavy atom. The lowest BCUT2D eigenvalue weighted by atomic mass is 9.87. The van der Waals surface area contributed by atoms with Gasteiger partial charge >= 0.3 is 0 Å². The van der Waals surface area contributed by atoms with Crippen molar-refractivity contribution in [2.24, 2.45) is 0 Å². The molecular formula is C20H17NO. The van der Waals surface area contributed by atoms with Crippen molar-refractivity contribution in [3.05, 3.63) is 101 Å². The molecule has 0 aliphatic carbocycles. The second-order valence-electron chi connectivity index (χ2n) is 5.33. The molecule has 0 amide bonds. The van der Waals surface area contributed by atoms with Gasteiger partial charge in [-0.25, -0.2) is 0 Å². The molecule has 22 heavy (non-hydrogen) atoms. The number of ketones is 1. The second kappa shape index (κ2) is 6.35. The van der Waals surface area contributed by atoms with Crippen LogP contribution in [0.25, 0.3) is 0 Å². The van der Waals surface area contributed by atoms with Gasteiger partial charge in [-0.05, 0) is 30.7 Å². The third-order valence-corrected chi connectivity index (χ3v) is 3.68. The lowest BCUT2D eigenvalue weighted by Crippen LogP contribution is -2.15. The van der Waals surface area contributed by atoms with Gasteiger partial charge < -0.3 is 0 Å². The summed E-state index contributed by atoms with van der Waals surface area (Å²) in [4.78, 5) is 17.5. The van der Waals surface area contributed by atoms with Crippen LogP contribution in [-0.4, -0.2) is 10.8 Å². The predicted molar refractivity (Wildman–Crippen MR) is 88.0 cm³/mol. The molecular weight excluding hydrogens is 270 g/mol. The van der Waals surface area contributed by atoms with E-state index in [4.69, 9.17) is 0 Å². The molecule has 108 valence electrons. The molecule has 0 N–H and O–H groups in total. The summed E-state index contributed by atoms with van der Waals surface area (Å²) in [7, 11) is 0. The van der Waals surface area contributed by atoms with Gasteiger partial charge in [0.15, 0.2) is 5.78 Å². The van der Waals surface area contributed by atoms with E-state index in [9.17, 15) is 4.79 Å². The van der Waals surface area contributed by atoms with Gasteiger partial charge in [0.2, 0.25) is 0 Å². The second-order valence-corrected chi connectivity index (χ2v) is 5.33. The molecule has 1 atom stereocenters. The van der Waals surface area contributed by atoms with E-state index < -0.39 is 0 Å². The van der Waals surface area contributed by atoms with Crippen molar-refractivity contribution in [2.45, 2.75) is 12.8 Å². The zero-order chi connectivity index (χ0) is 15.4. The van der Waals surface area contributed by atoms with Crippen LogP contribution < -0.4 is 0 Å². The average Bonchev–Trinajstić information content (AvgIpc) is 2.57. The molecule has 2 heteroatoms. The molecule has 2 aromatic carbocycles. The third-order valence-electron chi connectivity index (χ3n) is 3.68. The summed E-state index contributed by atoms with van der Waals surface area (Å²) in [5.74, 6) is -0.294. The van der Waals surface area contributed by atoms with Gasteiger partial charge in [-0.1, -0.05) is 60.2 Å². The first-order valence-corrected chi connectivity index (χ1v) is 7.32. The number of hydrogen-bond acceptors (Lipinski definition) is 2. The molecule has 3 aromatic rings.